The van der Waals surface area contributed by atoms with Crippen molar-refractivity contribution in [3.8, 4) is 5.75 Å². The fraction of sp³-hybridized carbons (Fsp3) is 0.0588. The largest absolute Gasteiger partial charge is 0.417 e. The van der Waals surface area contributed by atoms with Crippen molar-refractivity contribution in [3.05, 3.63) is 145 Å². The van der Waals surface area contributed by atoms with Gasteiger partial charge in [0.25, 0.3) is 0 Å². The maximum atomic E-state index is 11.6. The van der Waals surface area contributed by atoms with Crippen molar-refractivity contribution in [1.29, 1.82) is 0 Å². The minimum absolute atomic E-state index is 0.420. The maximum Gasteiger partial charge on any atom is 0.417 e. The number of hydrogen-bond donors (Lipinski definition) is 4. The number of anilines is 2. The van der Waals surface area contributed by atoms with Crippen LogP contribution in [0.2, 0.25) is 0 Å². The third kappa shape index (κ3) is 16.4. The summed E-state index contributed by atoms with van der Waals surface area (Å²) in [7, 11) is 0. The van der Waals surface area contributed by atoms with Crippen LogP contribution in [-0.2, 0) is 0 Å². The van der Waals surface area contributed by atoms with Crippen LogP contribution in [0.15, 0.2) is 150 Å². The number of carbonyl (C=O) groups is 3. The van der Waals surface area contributed by atoms with Crippen molar-refractivity contribution < 1.29 is 19.1 Å². The average Bonchev–Trinajstić information content (AvgIpc) is 3.11. The molecule has 0 atom stereocenters. The molecule has 5 rings (SSSR count). The third-order valence-electron chi connectivity index (χ3n) is 5.27. The van der Waals surface area contributed by atoms with E-state index < -0.39 is 12.1 Å². The lowest BCUT2D eigenvalue weighted by Crippen LogP contribution is -2.34. The number of nitrogens with zero attached hydrogens (tertiary/aromatic N) is 1. The number of pyridine rings is 1. The lowest BCUT2D eigenvalue weighted by atomic mass is 10.2. The molecule has 4 aromatic carbocycles. The molecule has 3 amide bonds. The van der Waals surface area contributed by atoms with Gasteiger partial charge in [-0.15, -0.1) is 23.5 Å². The highest BCUT2D eigenvalue weighted by atomic mass is 32.2. The van der Waals surface area contributed by atoms with Crippen molar-refractivity contribution in [2.45, 2.75) is 9.79 Å². The van der Waals surface area contributed by atoms with E-state index in [-0.39, 0.29) is 0 Å². The van der Waals surface area contributed by atoms with E-state index in [2.05, 4.69) is 15.6 Å². The SMILES string of the molecule is CSc1ccc(NC(=O)NN)cc1.CSc1ccc(NC(=O)Oc2ccccc2)cc1.O=Cc1ccccc1.c1ccncc1. The van der Waals surface area contributed by atoms with Crippen LogP contribution in [0.1, 0.15) is 10.4 Å². The van der Waals surface area contributed by atoms with Crippen LogP contribution in [0.3, 0.4) is 0 Å². The number of benzene rings is 4. The molecule has 5 N–H and O–H groups in total. The molecule has 0 aliphatic rings. The number of urea groups is 1. The molecule has 1 heterocycles. The zero-order valence-electron chi connectivity index (χ0n) is 24.8. The highest BCUT2D eigenvalue weighted by Gasteiger charge is 2.04. The second-order valence-electron chi connectivity index (χ2n) is 8.44. The summed E-state index contributed by atoms with van der Waals surface area (Å²) in [4.78, 5) is 38.5. The number of nitrogens with two attached hydrogens (primary N) is 1. The Labute approximate surface area is 272 Å². The summed E-state index contributed by atoms with van der Waals surface area (Å²) >= 11 is 3.30. The number of hydrazine groups is 1. The van der Waals surface area contributed by atoms with E-state index in [0.29, 0.717) is 11.4 Å². The van der Waals surface area contributed by atoms with E-state index in [4.69, 9.17) is 10.6 Å². The summed E-state index contributed by atoms with van der Waals surface area (Å²) in [5.41, 5.74) is 4.16. The van der Waals surface area contributed by atoms with Gasteiger partial charge in [-0.2, -0.15) is 0 Å². The molecule has 0 aliphatic carbocycles. The molecule has 0 unspecified atom stereocenters. The van der Waals surface area contributed by atoms with E-state index in [9.17, 15) is 14.4 Å². The van der Waals surface area contributed by atoms with Gasteiger partial charge in [0.15, 0.2) is 0 Å². The average molecular weight is 642 g/mol. The molecule has 9 nitrogen and oxygen atoms in total. The van der Waals surface area contributed by atoms with E-state index in [0.717, 1.165) is 27.3 Å². The van der Waals surface area contributed by atoms with Crippen LogP contribution in [0.25, 0.3) is 0 Å². The van der Waals surface area contributed by atoms with Gasteiger partial charge in [0.2, 0.25) is 0 Å². The van der Waals surface area contributed by atoms with Crippen LogP contribution in [0.4, 0.5) is 21.0 Å². The topological polar surface area (TPSA) is 135 Å². The summed E-state index contributed by atoms with van der Waals surface area (Å²) in [6, 6.07) is 38.4. The summed E-state index contributed by atoms with van der Waals surface area (Å²) < 4.78 is 5.12. The molecule has 11 heteroatoms. The number of amides is 3. The number of rotatable bonds is 6. The van der Waals surface area contributed by atoms with Gasteiger partial charge < -0.3 is 10.1 Å². The maximum absolute atomic E-state index is 11.6. The molecular weight excluding hydrogens is 607 g/mol. The van der Waals surface area contributed by atoms with Crippen molar-refractivity contribution in [2.24, 2.45) is 5.84 Å². The quantitative estimate of drug-likeness (QED) is 0.0482. The molecule has 232 valence electrons. The molecule has 0 saturated carbocycles. The summed E-state index contributed by atoms with van der Waals surface area (Å²) in [6.45, 7) is 0. The monoisotopic (exact) mass is 641 g/mol. The fourth-order valence-corrected chi connectivity index (χ4v) is 3.92. The van der Waals surface area contributed by atoms with Crippen LogP contribution < -0.4 is 26.6 Å². The minimum Gasteiger partial charge on any atom is -0.410 e. The van der Waals surface area contributed by atoms with E-state index >= 15 is 0 Å². The van der Waals surface area contributed by atoms with Crippen molar-refractivity contribution >= 4 is 53.3 Å². The first-order valence-corrected chi connectivity index (χ1v) is 15.9. The molecular formula is C34H35N5O4S2. The van der Waals surface area contributed by atoms with Gasteiger partial charge in [-0.25, -0.2) is 15.4 Å². The number of nitrogens with one attached hydrogen (secondary N) is 3. The number of hydrogen-bond acceptors (Lipinski definition) is 8. The molecule has 0 saturated heterocycles. The van der Waals surface area contributed by atoms with Crippen LogP contribution >= 0.6 is 23.5 Å². The number of ether oxygens (including phenoxy) is 1. The van der Waals surface area contributed by atoms with Gasteiger partial charge in [0, 0.05) is 39.1 Å². The molecule has 0 radical (unpaired) electrons. The summed E-state index contributed by atoms with van der Waals surface area (Å²) in [5, 5.41) is 5.23. The number of carbonyl (C=O) groups excluding carboxylic acids is 3. The summed E-state index contributed by atoms with van der Waals surface area (Å²) in [5.74, 6) is 5.43. The van der Waals surface area contributed by atoms with Crippen LogP contribution in [0.5, 0.6) is 5.75 Å². The van der Waals surface area contributed by atoms with Gasteiger partial charge in [-0.3, -0.25) is 20.5 Å². The predicted molar refractivity (Wildman–Crippen MR) is 185 cm³/mol. The Balaban J connectivity index is 0.000000227. The Hall–Kier alpha value is -5.10. The lowest BCUT2D eigenvalue weighted by Gasteiger charge is -2.06. The van der Waals surface area contributed by atoms with E-state index in [1.165, 1.54) is 0 Å². The number of aldehydes is 1. The molecule has 5 aromatic rings. The Kier molecular flexibility index (Phi) is 18.0. The van der Waals surface area contributed by atoms with E-state index in [1.807, 2.05) is 121 Å². The Morgan fingerprint density at radius 3 is 1.51 bits per heavy atom. The first-order valence-electron chi connectivity index (χ1n) is 13.4. The molecule has 0 bridgehead atoms. The van der Waals surface area contributed by atoms with Gasteiger partial charge in [0.05, 0.1) is 0 Å². The molecule has 0 fully saturated rings. The van der Waals surface area contributed by atoms with E-state index in [1.54, 1.807) is 60.2 Å². The second-order valence-corrected chi connectivity index (χ2v) is 10.2. The van der Waals surface area contributed by atoms with Crippen molar-refractivity contribution in [2.75, 3.05) is 23.1 Å². The lowest BCUT2D eigenvalue weighted by molar-refractivity contribution is 0.112. The molecule has 0 aliphatic heterocycles. The van der Waals surface area contributed by atoms with Gasteiger partial charge >= 0.3 is 12.1 Å². The third-order valence-corrected chi connectivity index (χ3v) is 6.76. The highest BCUT2D eigenvalue weighted by Crippen LogP contribution is 2.18. The zero-order chi connectivity index (χ0) is 32.5. The zero-order valence-corrected chi connectivity index (χ0v) is 26.5. The van der Waals surface area contributed by atoms with Gasteiger partial charge in [0.1, 0.15) is 12.0 Å². The fourth-order valence-electron chi connectivity index (χ4n) is 3.10. The highest BCUT2D eigenvalue weighted by molar-refractivity contribution is 7.98. The normalized spacial score (nSPS) is 9.22. The van der Waals surface area contributed by atoms with Crippen LogP contribution in [0, 0.1) is 0 Å². The molecule has 0 spiro atoms. The van der Waals surface area contributed by atoms with Gasteiger partial charge in [-0.05, 0) is 85.3 Å². The van der Waals surface area contributed by atoms with Crippen molar-refractivity contribution in [3.63, 3.8) is 0 Å². The molecule has 1 aromatic heterocycles. The standard InChI is InChI=1S/C14H13NO2S.C8H11N3OS.C7H6O.C5H5N/c1-18-13-9-7-11(8-10-13)15-14(16)17-12-5-3-2-4-6-12;1-13-7-4-2-6(3-5-7)10-8(12)11-9;8-6-7-4-2-1-3-5-7;1-2-4-6-5-3-1/h2-10H,1H3,(H,15,16);2-5H,9H2,1H3,(H2,10,11,12);1-6H;1-5H. The Bertz CT molecular complexity index is 1490. The Morgan fingerprint density at radius 2 is 1.13 bits per heavy atom. The number of aromatic nitrogens is 1. The second kappa shape index (κ2) is 22.4. The first kappa shape index (κ1) is 36.1. The Morgan fingerprint density at radius 1 is 0.667 bits per heavy atom. The smallest absolute Gasteiger partial charge is 0.410 e. The first-order chi connectivity index (χ1) is 22.0. The van der Waals surface area contributed by atoms with Crippen molar-refractivity contribution in [1.82, 2.24) is 10.4 Å². The molecule has 45 heavy (non-hydrogen) atoms. The summed E-state index contributed by atoms with van der Waals surface area (Å²) in [6.07, 6.45) is 7.85. The van der Waals surface area contributed by atoms with Gasteiger partial charge in [-0.1, -0.05) is 54.6 Å². The number of thioether (sulfide) groups is 2. The van der Waals surface area contributed by atoms with Crippen LogP contribution in [-0.4, -0.2) is 35.9 Å². The number of para-hydroxylation sites is 1. The predicted octanol–water partition coefficient (Wildman–Crippen LogP) is 8.00. The minimum atomic E-state index is -0.488.